The summed E-state index contributed by atoms with van der Waals surface area (Å²) in [6.07, 6.45) is 4.62. The molecule has 2 aliphatic rings. The van der Waals surface area contributed by atoms with Crippen molar-refractivity contribution in [3.05, 3.63) is 165 Å². The van der Waals surface area contributed by atoms with E-state index in [2.05, 4.69) is 32.7 Å². The van der Waals surface area contributed by atoms with Crippen LogP contribution < -0.4 is 10.6 Å². The van der Waals surface area contributed by atoms with Gasteiger partial charge in [0, 0.05) is 35.0 Å². The summed E-state index contributed by atoms with van der Waals surface area (Å²) < 4.78 is 0. The van der Waals surface area contributed by atoms with E-state index < -0.39 is 10.8 Å². The molecular formula is C42H34N6O2S2. The number of carbonyl (C=O) groups excluding carboxylic acids is 2. The van der Waals surface area contributed by atoms with Crippen LogP contribution in [0.5, 0.6) is 0 Å². The Morgan fingerprint density at radius 3 is 1.40 bits per heavy atom. The molecule has 0 spiro atoms. The molecule has 0 aliphatic heterocycles. The van der Waals surface area contributed by atoms with Crippen LogP contribution in [0, 0.1) is 33.5 Å². The molecule has 0 saturated heterocycles. The number of hydrogen-bond donors (Lipinski definition) is 2. The summed E-state index contributed by atoms with van der Waals surface area (Å²) >= 11 is 2.82. The number of fused-ring (bicyclic) bond motifs is 2. The molecule has 0 bridgehead atoms. The molecule has 0 saturated carbocycles. The third-order valence-corrected chi connectivity index (χ3v) is 11.5. The first-order valence-corrected chi connectivity index (χ1v) is 18.6. The Morgan fingerprint density at radius 1 is 0.654 bits per heavy atom. The van der Waals surface area contributed by atoms with Crippen molar-refractivity contribution in [3.63, 3.8) is 0 Å². The molecule has 8 nitrogen and oxygen atoms in total. The van der Waals surface area contributed by atoms with Crippen LogP contribution in [0.1, 0.15) is 70.2 Å². The number of carbonyl (C=O) groups is 2. The van der Waals surface area contributed by atoms with Crippen molar-refractivity contribution in [2.45, 2.75) is 38.5 Å². The lowest BCUT2D eigenvalue weighted by Gasteiger charge is -2.31. The first-order valence-electron chi connectivity index (χ1n) is 16.8. The minimum absolute atomic E-state index is 0.0454. The van der Waals surface area contributed by atoms with Gasteiger partial charge in [0.05, 0.1) is 34.1 Å². The highest BCUT2D eigenvalue weighted by Crippen LogP contribution is 2.53. The zero-order valence-corrected chi connectivity index (χ0v) is 30.2. The molecule has 256 valence electrons. The molecular weight excluding hydrogens is 685 g/mol. The second-order valence-corrected chi connectivity index (χ2v) is 15.3. The molecule has 2 heterocycles. The van der Waals surface area contributed by atoms with Crippen LogP contribution in [0.2, 0.25) is 0 Å². The highest BCUT2D eigenvalue weighted by Gasteiger charge is 2.50. The average molecular weight is 719 g/mol. The summed E-state index contributed by atoms with van der Waals surface area (Å²) in [6.45, 7) is 4.00. The highest BCUT2D eigenvalue weighted by molar-refractivity contribution is 7.14. The zero-order chi connectivity index (χ0) is 36.3. The van der Waals surface area contributed by atoms with Crippen LogP contribution in [0.4, 0.5) is 10.3 Å². The first-order chi connectivity index (χ1) is 25.2. The van der Waals surface area contributed by atoms with E-state index >= 15 is 0 Å². The Hall–Kier alpha value is -5.94. The lowest BCUT2D eigenvalue weighted by atomic mass is 9.73. The second kappa shape index (κ2) is 14.4. The van der Waals surface area contributed by atoms with Crippen molar-refractivity contribution >= 4 is 44.8 Å². The third kappa shape index (κ3) is 6.51. The van der Waals surface area contributed by atoms with Crippen molar-refractivity contribution in [2.24, 2.45) is 10.8 Å². The van der Waals surface area contributed by atoms with E-state index in [0.29, 0.717) is 34.2 Å². The Kier molecular flexibility index (Phi) is 9.53. The lowest BCUT2D eigenvalue weighted by molar-refractivity contribution is -0.125. The van der Waals surface area contributed by atoms with Crippen molar-refractivity contribution < 1.29 is 9.59 Å². The molecule has 0 fully saturated rings. The van der Waals surface area contributed by atoms with Gasteiger partial charge in [0.2, 0.25) is 11.8 Å². The quantitative estimate of drug-likeness (QED) is 0.177. The van der Waals surface area contributed by atoms with Crippen LogP contribution in [0.25, 0.3) is 0 Å². The largest absolute Gasteiger partial charge is 0.301 e. The molecule has 0 radical (unpaired) electrons. The molecule has 6 aromatic rings. The molecule has 0 unspecified atom stereocenters. The van der Waals surface area contributed by atoms with Crippen LogP contribution in [-0.4, -0.2) is 21.8 Å². The molecule has 2 amide bonds. The van der Waals surface area contributed by atoms with Gasteiger partial charge in [-0.3, -0.25) is 9.59 Å². The molecule has 2 aromatic heterocycles. The number of rotatable bonds is 6. The molecule has 52 heavy (non-hydrogen) atoms. The summed E-state index contributed by atoms with van der Waals surface area (Å²) in [6, 6.07) is 36.0. The first kappa shape index (κ1) is 34.5. The van der Waals surface area contributed by atoms with Crippen LogP contribution in [0.3, 0.4) is 0 Å². The minimum Gasteiger partial charge on any atom is -0.301 e. The predicted molar refractivity (Wildman–Crippen MR) is 204 cm³/mol. The monoisotopic (exact) mass is 718 g/mol. The van der Waals surface area contributed by atoms with Crippen molar-refractivity contribution in [1.82, 2.24) is 9.97 Å². The van der Waals surface area contributed by atoms with Crippen LogP contribution in [0.15, 0.2) is 120 Å². The van der Waals surface area contributed by atoms with Gasteiger partial charge in [-0.05, 0) is 84.3 Å². The second-order valence-electron chi connectivity index (χ2n) is 13.5. The van der Waals surface area contributed by atoms with Gasteiger partial charge >= 0.3 is 0 Å². The van der Waals surface area contributed by atoms with E-state index in [0.717, 1.165) is 33.4 Å². The van der Waals surface area contributed by atoms with E-state index in [-0.39, 0.29) is 23.7 Å². The van der Waals surface area contributed by atoms with E-state index in [1.807, 2.05) is 122 Å². The summed E-state index contributed by atoms with van der Waals surface area (Å²) in [5.41, 5.74) is 6.47. The number of nitrogens with one attached hydrogen (secondary N) is 2. The SMILES string of the molecule is C[C@@]1(C(=O)Nc2nccs2)Cc2ccc(C#N)cc2[C@@H]1c1ccccc1.C[C@]1(C(=O)Nc2nccs2)Cc2ccc(C#N)cc2[C@H]1c1ccccc1. The van der Waals surface area contributed by atoms with Gasteiger partial charge in [-0.2, -0.15) is 10.5 Å². The van der Waals surface area contributed by atoms with E-state index in [1.165, 1.54) is 22.7 Å². The maximum Gasteiger partial charge on any atom is 0.233 e. The van der Waals surface area contributed by atoms with Gasteiger partial charge in [-0.1, -0.05) is 72.8 Å². The number of hydrogen-bond acceptors (Lipinski definition) is 8. The van der Waals surface area contributed by atoms with Crippen molar-refractivity contribution in [3.8, 4) is 12.1 Å². The fourth-order valence-corrected chi connectivity index (χ4v) is 8.78. The number of anilines is 2. The lowest BCUT2D eigenvalue weighted by Crippen LogP contribution is -2.37. The van der Waals surface area contributed by atoms with Gasteiger partial charge in [0.15, 0.2) is 10.3 Å². The van der Waals surface area contributed by atoms with E-state index in [1.54, 1.807) is 12.4 Å². The number of thiazole rings is 2. The standard InChI is InChI=1S/2C21H17N3OS/c2*1-21(19(25)24-20-23-9-10-26-20)12-16-8-7-14(13-22)11-17(16)18(21)15-5-3-2-4-6-15/h2*2-11,18H,12H2,1H3,(H,23,24,25)/t2*18-,21+/m10/s1. The number of nitrogens with zero attached hydrogens (tertiary/aromatic N) is 4. The topological polar surface area (TPSA) is 132 Å². The number of amides is 2. The van der Waals surface area contributed by atoms with Gasteiger partial charge in [0.1, 0.15) is 0 Å². The van der Waals surface area contributed by atoms with Crippen molar-refractivity contribution in [1.29, 1.82) is 10.5 Å². The number of benzene rings is 4. The summed E-state index contributed by atoms with van der Waals surface area (Å²) in [5.74, 6) is -0.300. The molecule has 2 aliphatic carbocycles. The normalized spacial score (nSPS) is 21.0. The fourth-order valence-electron chi connectivity index (χ4n) is 7.73. The summed E-state index contributed by atoms with van der Waals surface area (Å²) in [4.78, 5) is 34.8. The number of nitriles is 2. The molecule has 8 rings (SSSR count). The van der Waals surface area contributed by atoms with E-state index in [9.17, 15) is 20.1 Å². The fraction of sp³-hybridized carbons (Fsp3) is 0.190. The molecule has 4 atom stereocenters. The smallest absolute Gasteiger partial charge is 0.233 e. The summed E-state index contributed by atoms with van der Waals surface area (Å²) in [5, 5.41) is 29.4. The number of aromatic nitrogens is 2. The maximum atomic E-state index is 13.2. The van der Waals surface area contributed by atoms with E-state index in [4.69, 9.17) is 0 Å². The minimum atomic E-state index is -0.649. The van der Waals surface area contributed by atoms with Gasteiger partial charge in [-0.15, -0.1) is 22.7 Å². The van der Waals surface area contributed by atoms with Gasteiger partial charge < -0.3 is 10.6 Å². The van der Waals surface area contributed by atoms with Gasteiger partial charge in [-0.25, -0.2) is 9.97 Å². The molecule has 2 N–H and O–H groups in total. The Balaban J connectivity index is 0.000000162. The highest BCUT2D eigenvalue weighted by atomic mass is 32.1. The Labute approximate surface area is 310 Å². The molecule has 10 heteroatoms. The van der Waals surface area contributed by atoms with Crippen LogP contribution >= 0.6 is 22.7 Å². The average Bonchev–Trinajstić information content (AvgIpc) is 3.98. The summed E-state index contributed by atoms with van der Waals surface area (Å²) in [7, 11) is 0. The van der Waals surface area contributed by atoms with Crippen LogP contribution in [-0.2, 0) is 22.4 Å². The van der Waals surface area contributed by atoms with Crippen molar-refractivity contribution in [2.75, 3.05) is 10.6 Å². The maximum absolute atomic E-state index is 13.2. The predicted octanol–water partition coefficient (Wildman–Crippen LogP) is 8.70. The Morgan fingerprint density at radius 2 is 1.06 bits per heavy atom. The zero-order valence-electron chi connectivity index (χ0n) is 28.5. The van der Waals surface area contributed by atoms with Gasteiger partial charge in [0.25, 0.3) is 0 Å². The third-order valence-electron chi connectivity index (χ3n) is 10.2. The Bertz CT molecular complexity index is 2150. The molecule has 4 aromatic carbocycles.